The fraction of sp³-hybridized carbons (Fsp3) is 0.667. The predicted octanol–water partition coefficient (Wildman–Crippen LogP) is 2.29. The lowest BCUT2D eigenvalue weighted by Crippen LogP contribution is -2.45. The molecule has 0 aromatic carbocycles. The van der Waals surface area contributed by atoms with Crippen molar-refractivity contribution in [1.82, 2.24) is 15.5 Å². The quantitative estimate of drug-likeness (QED) is 0.646. The SMILES string of the molecule is CN=C(NCCN1CCCCC1C)NCc1cccs1. The summed E-state index contributed by atoms with van der Waals surface area (Å²) in [5.74, 6) is 0.892. The highest BCUT2D eigenvalue weighted by Gasteiger charge is 2.17. The first-order valence-electron chi connectivity index (χ1n) is 7.50. The summed E-state index contributed by atoms with van der Waals surface area (Å²) >= 11 is 1.77. The summed E-state index contributed by atoms with van der Waals surface area (Å²) in [7, 11) is 1.83. The Morgan fingerprint density at radius 3 is 3.05 bits per heavy atom. The molecule has 2 N–H and O–H groups in total. The normalized spacial score (nSPS) is 20.9. The summed E-state index contributed by atoms with van der Waals surface area (Å²) in [4.78, 5) is 8.17. The van der Waals surface area contributed by atoms with Gasteiger partial charge in [0.2, 0.25) is 0 Å². The molecular weight excluding hydrogens is 268 g/mol. The van der Waals surface area contributed by atoms with Gasteiger partial charge in [0, 0.05) is 31.1 Å². The third-order valence-electron chi connectivity index (χ3n) is 3.87. The largest absolute Gasteiger partial charge is 0.355 e. The minimum absolute atomic E-state index is 0.728. The number of hydrogen-bond donors (Lipinski definition) is 2. The lowest BCUT2D eigenvalue weighted by molar-refractivity contribution is 0.163. The van der Waals surface area contributed by atoms with Crippen molar-refractivity contribution in [3.05, 3.63) is 22.4 Å². The second-order valence-corrected chi connectivity index (χ2v) is 6.34. The fourth-order valence-electron chi connectivity index (χ4n) is 2.61. The average molecular weight is 294 g/mol. The molecule has 1 aliphatic rings. The van der Waals surface area contributed by atoms with Gasteiger partial charge >= 0.3 is 0 Å². The first-order chi connectivity index (χ1) is 9.79. The number of hydrogen-bond acceptors (Lipinski definition) is 3. The van der Waals surface area contributed by atoms with E-state index in [9.17, 15) is 0 Å². The monoisotopic (exact) mass is 294 g/mol. The van der Waals surface area contributed by atoms with Gasteiger partial charge in [0.1, 0.15) is 0 Å². The van der Waals surface area contributed by atoms with Crippen molar-refractivity contribution in [2.45, 2.75) is 38.8 Å². The van der Waals surface area contributed by atoms with E-state index in [0.717, 1.165) is 31.6 Å². The van der Waals surface area contributed by atoms with Crippen LogP contribution in [0.2, 0.25) is 0 Å². The minimum Gasteiger partial charge on any atom is -0.355 e. The van der Waals surface area contributed by atoms with E-state index in [0.29, 0.717) is 0 Å². The smallest absolute Gasteiger partial charge is 0.191 e. The zero-order valence-corrected chi connectivity index (χ0v) is 13.4. The number of thiophene rings is 1. The Balaban J connectivity index is 1.66. The number of aliphatic imine (C=N–C) groups is 1. The Labute approximate surface area is 126 Å². The molecule has 0 spiro atoms. The molecule has 20 heavy (non-hydrogen) atoms. The zero-order valence-electron chi connectivity index (χ0n) is 12.6. The number of nitrogens with zero attached hydrogens (tertiary/aromatic N) is 2. The van der Waals surface area contributed by atoms with Gasteiger partial charge in [-0.05, 0) is 37.8 Å². The Morgan fingerprint density at radius 1 is 1.45 bits per heavy atom. The molecule has 1 aliphatic heterocycles. The van der Waals surface area contributed by atoms with Gasteiger partial charge in [-0.25, -0.2) is 0 Å². The molecule has 1 aromatic heterocycles. The molecule has 1 atom stereocenters. The van der Waals surface area contributed by atoms with E-state index in [2.05, 4.69) is 45.0 Å². The van der Waals surface area contributed by atoms with Crippen LogP contribution < -0.4 is 10.6 Å². The van der Waals surface area contributed by atoms with Crippen LogP contribution in [-0.2, 0) is 6.54 Å². The summed E-state index contributed by atoms with van der Waals surface area (Å²) in [6.07, 6.45) is 4.07. The lowest BCUT2D eigenvalue weighted by atomic mass is 10.0. The molecule has 5 heteroatoms. The third-order valence-corrected chi connectivity index (χ3v) is 4.74. The van der Waals surface area contributed by atoms with Gasteiger partial charge in [-0.2, -0.15) is 0 Å². The highest BCUT2D eigenvalue weighted by atomic mass is 32.1. The van der Waals surface area contributed by atoms with Crippen molar-refractivity contribution in [3.8, 4) is 0 Å². The Kier molecular flexibility index (Phi) is 6.33. The molecule has 1 saturated heterocycles. The van der Waals surface area contributed by atoms with Gasteiger partial charge in [0.05, 0.1) is 6.54 Å². The topological polar surface area (TPSA) is 39.7 Å². The molecule has 112 valence electrons. The van der Waals surface area contributed by atoms with Crippen molar-refractivity contribution in [2.24, 2.45) is 4.99 Å². The molecular formula is C15H26N4S. The second-order valence-electron chi connectivity index (χ2n) is 5.31. The van der Waals surface area contributed by atoms with Gasteiger partial charge in [-0.15, -0.1) is 11.3 Å². The van der Waals surface area contributed by atoms with Crippen LogP contribution in [0.1, 0.15) is 31.1 Å². The van der Waals surface area contributed by atoms with E-state index in [1.807, 2.05) is 7.05 Å². The van der Waals surface area contributed by atoms with Crippen LogP contribution in [0.25, 0.3) is 0 Å². The molecule has 2 heterocycles. The van der Waals surface area contributed by atoms with E-state index < -0.39 is 0 Å². The van der Waals surface area contributed by atoms with Gasteiger partial charge in [-0.3, -0.25) is 9.89 Å². The fourth-order valence-corrected chi connectivity index (χ4v) is 3.26. The van der Waals surface area contributed by atoms with Crippen molar-refractivity contribution in [1.29, 1.82) is 0 Å². The number of piperidine rings is 1. The van der Waals surface area contributed by atoms with Crippen molar-refractivity contribution in [3.63, 3.8) is 0 Å². The van der Waals surface area contributed by atoms with E-state index in [1.54, 1.807) is 11.3 Å². The van der Waals surface area contributed by atoms with Crippen LogP contribution in [0.5, 0.6) is 0 Å². The maximum Gasteiger partial charge on any atom is 0.191 e. The van der Waals surface area contributed by atoms with Crippen LogP contribution in [-0.4, -0.2) is 43.6 Å². The van der Waals surface area contributed by atoms with Crippen LogP contribution in [0.15, 0.2) is 22.5 Å². The summed E-state index contributed by atoms with van der Waals surface area (Å²) in [6, 6.07) is 4.95. The summed E-state index contributed by atoms with van der Waals surface area (Å²) in [5.41, 5.74) is 0. The first-order valence-corrected chi connectivity index (χ1v) is 8.38. The zero-order chi connectivity index (χ0) is 14.2. The molecule has 0 saturated carbocycles. The van der Waals surface area contributed by atoms with Gasteiger partial charge in [-0.1, -0.05) is 12.5 Å². The molecule has 4 nitrogen and oxygen atoms in total. The number of rotatable bonds is 5. The maximum absolute atomic E-state index is 4.27. The Hall–Kier alpha value is -1.07. The standard InChI is InChI=1S/C15H26N4S/c1-13-6-3-4-9-19(13)10-8-17-15(16-2)18-12-14-7-5-11-20-14/h5,7,11,13H,3-4,6,8-10,12H2,1-2H3,(H2,16,17,18). The van der Waals surface area contributed by atoms with Crippen LogP contribution in [0, 0.1) is 0 Å². The Bertz CT molecular complexity index is 402. The van der Waals surface area contributed by atoms with E-state index in [-0.39, 0.29) is 0 Å². The maximum atomic E-state index is 4.27. The Morgan fingerprint density at radius 2 is 2.35 bits per heavy atom. The molecule has 2 rings (SSSR count). The second kappa shape index (κ2) is 8.27. The van der Waals surface area contributed by atoms with Gasteiger partial charge < -0.3 is 10.6 Å². The van der Waals surface area contributed by atoms with Crippen molar-refractivity contribution in [2.75, 3.05) is 26.7 Å². The summed E-state index contributed by atoms with van der Waals surface area (Å²) in [5, 5.41) is 8.86. The van der Waals surface area contributed by atoms with Crippen LogP contribution in [0.3, 0.4) is 0 Å². The van der Waals surface area contributed by atoms with Crippen LogP contribution >= 0.6 is 11.3 Å². The number of nitrogens with one attached hydrogen (secondary N) is 2. The third kappa shape index (κ3) is 4.80. The summed E-state index contributed by atoms with van der Waals surface area (Å²) in [6.45, 7) is 6.47. The van der Waals surface area contributed by atoms with Crippen molar-refractivity contribution < 1.29 is 0 Å². The molecule has 0 bridgehead atoms. The molecule has 1 fully saturated rings. The molecule has 0 radical (unpaired) electrons. The van der Waals surface area contributed by atoms with Gasteiger partial charge in [0.15, 0.2) is 5.96 Å². The van der Waals surface area contributed by atoms with Crippen molar-refractivity contribution >= 4 is 17.3 Å². The summed E-state index contributed by atoms with van der Waals surface area (Å²) < 4.78 is 0. The highest BCUT2D eigenvalue weighted by Crippen LogP contribution is 2.15. The molecule has 1 aromatic rings. The van der Waals surface area contributed by atoms with E-state index in [1.165, 1.54) is 30.7 Å². The molecule has 0 amide bonds. The molecule has 1 unspecified atom stereocenters. The minimum atomic E-state index is 0.728. The first kappa shape index (κ1) is 15.3. The van der Waals surface area contributed by atoms with E-state index >= 15 is 0 Å². The van der Waals surface area contributed by atoms with E-state index in [4.69, 9.17) is 0 Å². The predicted molar refractivity (Wildman–Crippen MR) is 87.4 cm³/mol. The van der Waals surface area contributed by atoms with Crippen LogP contribution in [0.4, 0.5) is 0 Å². The highest BCUT2D eigenvalue weighted by molar-refractivity contribution is 7.09. The number of likely N-dealkylation sites (tertiary alicyclic amines) is 1. The number of guanidine groups is 1. The molecule has 0 aliphatic carbocycles. The lowest BCUT2D eigenvalue weighted by Gasteiger charge is -2.33. The van der Waals surface area contributed by atoms with Gasteiger partial charge in [0.25, 0.3) is 0 Å². The average Bonchev–Trinajstić information content (AvgIpc) is 2.98.